The summed E-state index contributed by atoms with van der Waals surface area (Å²) in [6.07, 6.45) is 3.01. The van der Waals surface area contributed by atoms with Crippen LogP contribution in [-0.4, -0.2) is 12.5 Å². The number of hydrogen-bond acceptors (Lipinski definition) is 1. The van der Waals surface area contributed by atoms with Gasteiger partial charge in [0.25, 0.3) is 0 Å². The van der Waals surface area contributed by atoms with Crippen molar-refractivity contribution < 1.29 is 4.79 Å². The van der Waals surface area contributed by atoms with Gasteiger partial charge in [0, 0.05) is 12.5 Å². The summed E-state index contributed by atoms with van der Waals surface area (Å²) >= 11 is 0. The third-order valence-electron chi connectivity index (χ3n) is 4.14. The van der Waals surface area contributed by atoms with E-state index in [0.29, 0.717) is 5.92 Å². The van der Waals surface area contributed by atoms with E-state index in [9.17, 15) is 4.79 Å². The molecule has 1 fully saturated rings. The van der Waals surface area contributed by atoms with Gasteiger partial charge in [-0.05, 0) is 36.3 Å². The van der Waals surface area contributed by atoms with E-state index in [4.69, 9.17) is 0 Å². The summed E-state index contributed by atoms with van der Waals surface area (Å²) in [4.78, 5) is 12.1. The van der Waals surface area contributed by atoms with E-state index in [1.165, 1.54) is 11.1 Å². The Morgan fingerprint density at radius 3 is 2.38 bits per heavy atom. The van der Waals surface area contributed by atoms with Crippen LogP contribution in [0, 0.1) is 5.92 Å². The van der Waals surface area contributed by atoms with Crippen molar-refractivity contribution in [1.29, 1.82) is 0 Å². The average Bonchev–Trinajstić information content (AvgIpc) is 3.34. The highest BCUT2D eigenvalue weighted by atomic mass is 16.2. The second-order valence-corrected chi connectivity index (χ2v) is 5.74. The van der Waals surface area contributed by atoms with Crippen LogP contribution in [0.25, 0.3) is 0 Å². The number of hydrogen-bond donors (Lipinski definition) is 1. The fraction of sp³-hybridized carbons (Fsp3) is 0.316. The molecule has 1 amide bonds. The third-order valence-corrected chi connectivity index (χ3v) is 4.14. The van der Waals surface area contributed by atoms with Gasteiger partial charge < -0.3 is 5.32 Å². The Morgan fingerprint density at radius 2 is 1.67 bits per heavy atom. The first-order valence-corrected chi connectivity index (χ1v) is 7.71. The summed E-state index contributed by atoms with van der Waals surface area (Å²) in [5, 5.41) is 3.08. The topological polar surface area (TPSA) is 29.1 Å². The Hall–Kier alpha value is -2.09. The molecule has 2 heteroatoms. The van der Waals surface area contributed by atoms with Gasteiger partial charge in [0.2, 0.25) is 5.91 Å². The minimum Gasteiger partial charge on any atom is -0.356 e. The normalized spacial score (nSPS) is 20.0. The maximum atomic E-state index is 12.1. The van der Waals surface area contributed by atoms with Crippen molar-refractivity contribution in [2.45, 2.75) is 25.2 Å². The molecule has 1 N–H and O–H groups in total. The molecule has 2 nitrogen and oxygen atoms in total. The van der Waals surface area contributed by atoms with Crippen LogP contribution in [0.2, 0.25) is 0 Å². The second kappa shape index (κ2) is 6.57. The number of nitrogens with one attached hydrogen (secondary N) is 1. The number of rotatable bonds is 6. The van der Waals surface area contributed by atoms with Gasteiger partial charge in [-0.25, -0.2) is 0 Å². The molecule has 2 atom stereocenters. The molecule has 1 aliphatic rings. The van der Waals surface area contributed by atoms with Gasteiger partial charge in [-0.15, -0.1) is 0 Å². The third kappa shape index (κ3) is 3.72. The van der Waals surface area contributed by atoms with Gasteiger partial charge >= 0.3 is 0 Å². The molecule has 0 saturated heterocycles. The van der Waals surface area contributed by atoms with Crippen LogP contribution < -0.4 is 5.32 Å². The summed E-state index contributed by atoms with van der Waals surface area (Å²) in [6, 6.07) is 20.8. The molecule has 0 bridgehead atoms. The zero-order valence-corrected chi connectivity index (χ0v) is 12.2. The summed E-state index contributed by atoms with van der Waals surface area (Å²) in [5.41, 5.74) is 2.63. The van der Waals surface area contributed by atoms with Gasteiger partial charge in [-0.3, -0.25) is 4.79 Å². The lowest BCUT2D eigenvalue weighted by Crippen LogP contribution is -2.26. The molecule has 0 heterocycles. The van der Waals surface area contributed by atoms with E-state index >= 15 is 0 Å². The van der Waals surface area contributed by atoms with Crippen molar-refractivity contribution in [1.82, 2.24) is 5.32 Å². The quantitative estimate of drug-likeness (QED) is 0.805. The highest BCUT2D eigenvalue weighted by Crippen LogP contribution is 2.47. The van der Waals surface area contributed by atoms with Crippen LogP contribution in [0.1, 0.15) is 29.9 Å². The van der Waals surface area contributed by atoms with Gasteiger partial charge in [0.15, 0.2) is 0 Å². The minimum absolute atomic E-state index is 0.184. The lowest BCUT2D eigenvalue weighted by Gasteiger charge is -2.05. The van der Waals surface area contributed by atoms with Crippen LogP contribution >= 0.6 is 0 Å². The Bertz CT molecular complexity index is 579. The molecular weight excluding hydrogens is 258 g/mol. The number of aryl methyl sites for hydroxylation is 1. The van der Waals surface area contributed by atoms with Crippen LogP contribution in [-0.2, 0) is 11.2 Å². The number of benzene rings is 2. The van der Waals surface area contributed by atoms with E-state index in [1.807, 2.05) is 24.3 Å². The predicted molar refractivity (Wildman–Crippen MR) is 85.1 cm³/mol. The van der Waals surface area contributed by atoms with Crippen molar-refractivity contribution in [3.63, 3.8) is 0 Å². The summed E-state index contributed by atoms with van der Waals surface area (Å²) < 4.78 is 0. The SMILES string of the molecule is O=C(NCCCc1ccccc1)[C@@H]1C[C@@H]1c1ccccc1. The van der Waals surface area contributed by atoms with Gasteiger partial charge in [0.1, 0.15) is 0 Å². The molecule has 1 aliphatic carbocycles. The molecule has 1 saturated carbocycles. The predicted octanol–water partition coefficient (Wildman–Crippen LogP) is 3.54. The number of amides is 1. The Kier molecular flexibility index (Phi) is 4.34. The summed E-state index contributed by atoms with van der Waals surface area (Å²) in [7, 11) is 0. The molecule has 21 heavy (non-hydrogen) atoms. The molecular formula is C19H21NO. The molecule has 2 aromatic carbocycles. The number of carbonyl (C=O) groups is 1. The zero-order chi connectivity index (χ0) is 14.5. The Morgan fingerprint density at radius 1 is 1.00 bits per heavy atom. The minimum atomic E-state index is 0.184. The van der Waals surface area contributed by atoms with E-state index in [-0.39, 0.29) is 11.8 Å². The lowest BCUT2D eigenvalue weighted by atomic mass is 10.1. The molecule has 108 valence electrons. The first-order chi connectivity index (χ1) is 10.3. The molecule has 0 aliphatic heterocycles. The lowest BCUT2D eigenvalue weighted by molar-refractivity contribution is -0.122. The monoisotopic (exact) mass is 279 g/mol. The highest BCUT2D eigenvalue weighted by molar-refractivity contribution is 5.82. The van der Waals surface area contributed by atoms with Crippen molar-refractivity contribution >= 4 is 5.91 Å². The van der Waals surface area contributed by atoms with E-state index in [2.05, 4.69) is 41.7 Å². The van der Waals surface area contributed by atoms with Gasteiger partial charge in [-0.2, -0.15) is 0 Å². The molecule has 3 rings (SSSR count). The van der Waals surface area contributed by atoms with Gasteiger partial charge in [0.05, 0.1) is 0 Å². The zero-order valence-electron chi connectivity index (χ0n) is 12.2. The molecule has 2 aromatic rings. The number of carbonyl (C=O) groups excluding carboxylic acids is 1. The first-order valence-electron chi connectivity index (χ1n) is 7.71. The first kappa shape index (κ1) is 13.9. The average molecular weight is 279 g/mol. The summed E-state index contributed by atoms with van der Waals surface area (Å²) in [6.45, 7) is 0.770. The Balaban J connectivity index is 1.38. The Labute approximate surface area is 126 Å². The molecule has 0 unspecified atom stereocenters. The molecule has 0 aromatic heterocycles. The standard InChI is InChI=1S/C19H21NO/c21-19(18-14-17(18)16-11-5-2-6-12-16)20-13-7-10-15-8-3-1-4-9-15/h1-6,8-9,11-12,17-18H,7,10,13-14H2,(H,20,21)/t17-,18-/m1/s1. The van der Waals surface area contributed by atoms with E-state index in [0.717, 1.165) is 25.8 Å². The second-order valence-electron chi connectivity index (χ2n) is 5.74. The van der Waals surface area contributed by atoms with E-state index < -0.39 is 0 Å². The maximum Gasteiger partial charge on any atom is 0.223 e. The summed E-state index contributed by atoms with van der Waals surface area (Å²) in [5.74, 6) is 0.835. The molecule has 0 spiro atoms. The maximum absolute atomic E-state index is 12.1. The smallest absolute Gasteiger partial charge is 0.223 e. The van der Waals surface area contributed by atoms with Crippen molar-refractivity contribution in [3.8, 4) is 0 Å². The van der Waals surface area contributed by atoms with E-state index in [1.54, 1.807) is 0 Å². The molecule has 0 radical (unpaired) electrons. The van der Waals surface area contributed by atoms with Crippen LogP contribution in [0.4, 0.5) is 0 Å². The van der Waals surface area contributed by atoms with Crippen LogP contribution in [0.5, 0.6) is 0 Å². The fourth-order valence-electron chi connectivity index (χ4n) is 2.83. The van der Waals surface area contributed by atoms with Crippen LogP contribution in [0.15, 0.2) is 60.7 Å². The van der Waals surface area contributed by atoms with Crippen molar-refractivity contribution in [2.75, 3.05) is 6.54 Å². The van der Waals surface area contributed by atoms with Gasteiger partial charge in [-0.1, -0.05) is 60.7 Å². The van der Waals surface area contributed by atoms with Crippen molar-refractivity contribution in [2.24, 2.45) is 5.92 Å². The highest BCUT2D eigenvalue weighted by Gasteiger charge is 2.43. The van der Waals surface area contributed by atoms with Crippen molar-refractivity contribution in [3.05, 3.63) is 71.8 Å². The largest absolute Gasteiger partial charge is 0.356 e. The fourth-order valence-corrected chi connectivity index (χ4v) is 2.83. The van der Waals surface area contributed by atoms with Crippen LogP contribution in [0.3, 0.4) is 0 Å².